The van der Waals surface area contributed by atoms with Crippen LogP contribution in [0.2, 0.25) is 0 Å². The summed E-state index contributed by atoms with van der Waals surface area (Å²) in [4.78, 5) is 4.14. The maximum absolute atomic E-state index is 13.1. The highest BCUT2D eigenvalue weighted by atomic mass is 19.3. The molecule has 0 aromatic carbocycles. The molecule has 1 aliphatic rings. The Morgan fingerprint density at radius 3 is 2.53 bits per heavy atom. The molecular formula is C12H16F2N2O. The van der Waals surface area contributed by atoms with Gasteiger partial charge in [-0.3, -0.25) is 0 Å². The number of aromatic nitrogens is 1. The molecular weight excluding hydrogens is 226 g/mol. The zero-order valence-electron chi connectivity index (χ0n) is 9.96. The minimum absolute atomic E-state index is 0.191. The fourth-order valence-corrected chi connectivity index (χ4v) is 2.45. The third-order valence-electron chi connectivity index (χ3n) is 3.34. The molecule has 0 amide bonds. The molecule has 0 atom stereocenters. The van der Waals surface area contributed by atoms with Crippen LogP contribution in [0.25, 0.3) is 0 Å². The maximum Gasteiger partial charge on any atom is 0.250 e. The zero-order valence-corrected chi connectivity index (χ0v) is 9.96. The van der Waals surface area contributed by atoms with Crippen LogP contribution in [-0.2, 0) is 5.41 Å². The van der Waals surface area contributed by atoms with Crippen LogP contribution < -0.4 is 10.5 Å². The fraction of sp³-hybridized carbons (Fsp3) is 0.583. The Balaban J connectivity index is 2.36. The number of alkyl halides is 2. The number of hydrogen-bond donors (Lipinski definition) is 1. The third-order valence-corrected chi connectivity index (χ3v) is 3.34. The number of hydrogen-bond acceptors (Lipinski definition) is 3. The molecule has 0 saturated heterocycles. The highest BCUT2D eigenvalue weighted by Crippen LogP contribution is 2.53. The van der Waals surface area contributed by atoms with Gasteiger partial charge in [-0.1, -0.05) is 0 Å². The van der Waals surface area contributed by atoms with Gasteiger partial charge in [-0.2, -0.15) is 0 Å². The van der Waals surface area contributed by atoms with Crippen molar-refractivity contribution < 1.29 is 13.5 Å². The van der Waals surface area contributed by atoms with Gasteiger partial charge in [0.05, 0.1) is 7.11 Å². The van der Waals surface area contributed by atoms with E-state index < -0.39 is 11.3 Å². The lowest BCUT2D eigenvalue weighted by molar-refractivity contribution is -0.123. The van der Waals surface area contributed by atoms with Gasteiger partial charge >= 0.3 is 0 Å². The van der Waals surface area contributed by atoms with E-state index in [0.29, 0.717) is 5.88 Å². The van der Waals surface area contributed by atoms with E-state index in [1.54, 1.807) is 6.07 Å². The number of nitrogens with two attached hydrogens (primary N) is 1. The van der Waals surface area contributed by atoms with Crippen molar-refractivity contribution >= 4 is 0 Å². The van der Waals surface area contributed by atoms with Crippen molar-refractivity contribution in [3.63, 3.8) is 0 Å². The van der Waals surface area contributed by atoms with Crippen molar-refractivity contribution in [3.05, 3.63) is 23.4 Å². The van der Waals surface area contributed by atoms with Gasteiger partial charge in [-0.05, 0) is 18.6 Å². The van der Waals surface area contributed by atoms with Gasteiger partial charge in [-0.15, -0.1) is 0 Å². The summed E-state index contributed by atoms with van der Waals surface area (Å²) in [5.41, 5.74) is 6.60. The molecule has 2 rings (SSSR count). The van der Waals surface area contributed by atoms with Crippen LogP contribution in [0.15, 0.2) is 12.1 Å². The monoisotopic (exact) mass is 242 g/mol. The Bertz CT molecular complexity index is 427. The van der Waals surface area contributed by atoms with Crippen LogP contribution in [0.4, 0.5) is 8.78 Å². The largest absolute Gasteiger partial charge is 0.481 e. The molecule has 94 valence electrons. The van der Waals surface area contributed by atoms with E-state index in [2.05, 4.69) is 4.98 Å². The predicted octanol–water partition coefficient (Wildman–Crippen LogP) is 2.02. The molecule has 17 heavy (non-hydrogen) atoms. The number of nitrogens with zero attached hydrogens (tertiary/aromatic N) is 1. The SMILES string of the molecule is COc1cc(C2(CN)CC(F)(F)C2)cc(C)n1. The number of aryl methyl sites for hydroxylation is 1. The number of methoxy groups -OCH3 is 1. The molecule has 2 N–H and O–H groups in total. The van der Waals surface area contributed by atoms with Gasteiger partial charge in [0.1, 0.15) is 0 Å². The second kappa shape index (κ2) is 3.91. The first kappa shape index (κ1) is 12.2. The quantitative estimate of drug-likeness (QED) is 0.882. The van der Waals surface area contributed by atoms with E-state index in [4.69, 9.17) is 10.5 Å². The van der Waals surface area contributed by atoms with Crippen LogP contribution in [0.3, 0.4) is 0 Å². The van der Waals surface area contributed by atoms with E-state index in [9.17, 15) is 8.78 Å². The van der Waals surface area contributed by atoms with Crippen LogP contribution in [-0.4, -0.2) is 24.6 Å². The summed E-state index contributed by atoms with van der Waals surface area (Å²) in [6.45, 7) is 2.03. The normalized spacial score (nSPS) is 20.8. The Hall–Kier alpha value is -1.23. The van der Waals surface area contributed by atoms with E-state index in [1.165, 1.54) is 7.11 Å². The summed E-state index contributed by atoms with van der Waals surface area (Å²) >= 11 is 0. The highest BCUT2D eigenvalue weighted by Gasteiger charge is 2.56. The van der Waals surface area contributed by atoms with Gasteiger partial charge in [0, 0.05) is 36.6 Å². The van der Waals surface area contributed by atoms with Crippen molar-refractivity contribution in [2.75, 3.05) is 13.7 Å². The fourth-order valence-electron chi connectivity index (χ4n) is 2.45. The van der Waals surface area contributed by atoms with Gasteiger partial charge in [0.2, 0.25) is 11.8 Å². The van der Waals surface area contributed by atoms with Crippen molar-refractivity contribution in [1.82, 2.24) is 4.98 Å². The Labute approximate surface area is 99.0 Å². The van der Waals surface area contributed by atoms with Crippen LogP contribution in [0.1, 0.15) is 24.1 Å². The van der Waals surface area contributed by atoms with Gasteiger partial charge in [0.25, 0.3) is 0 Å². The molecule has 3 nitrogen and oxygen atoms in total. The van der Waals surface area contributed by atoms with Crippen molar-refractivity contribution in [2.24, 2.45) is 5.73 Å². The molecule has 0 bridgehead atoms. The molecule has 1 aromatic rings. The van der Waals surface area contributed by atoms with E-state index in [-0.39, 0.29) is 19.4 Å². The first-order valence-corrected chi connectivity index (χ1v) is 5.52. The summed E-state index contributed by atoms with van der Waals surface area (Å²) in [6.07, 6.45) is -0.383. The molecule has 0 aliphatic heterocycles. The zero-order chi connectivity index (χ0) is 12.7. The summed E-state index contributed by atoms with van der Waals surface area (Å²) < 4.78 is 31.2. The molecule has 0 unspecified atom stereocenters. The minimum atomic E-state index is -2.59. The lowest BCUT2D eigenvalue weighted by Crippen LogP contribution is -2.53. The van der Waals surface area contributed by atoms with Crippen molar-refractivity contribution in [2.45, 2.75) is 31.1 Å². The van der Waals surface area contributed by atoms with Crippen molar-refractivity contribution in [3.8, 4) is 5.88 Å². The number of ether oxygens (including phenoxy) is 1. The van der Waals surface area contributed by atoms with Gasteiger partial charge in [-0.25, -0.2) is 13.8 Å². The first-order chi connectivity index (χ1) is 7.91. The summed E-state index contributed by atoms with van der Waals surface area (Å²) in [6, 6.07) is 3.51. The van der Waals surface area contributed by atoms with E-state index >= 15 is 0 Å². The van der Waals surface area contributed by atoms with E-state index in [0.717, 1.165) is 11.3 Å². The Kier molecular flexibility index (Phi) is 2.81. The molecule has 1 heterocycles. The second-order valence-electron chi connectivity index (χ2n) is 4.73. The smallest absolute Gasteiger partial charge is 0.250 e. The molecule has 1 aliphatic carbocycles. The molecule has 0 spiro atoms. The Morgan fingerprint density at radius 2 is 2.06 bits per heavy atom. The van der Waals surface area contributed by atoms with E-state index in [1.807, 2.05) is 13.0 Å². The maximum atomic E-state index is 13.1. The topological polar surface area (TPSA) is 48.1 Å². The first-order valence-electron chi connectivity index (χ1n) is 5.52. The molecule has 0 radical (unpaired) electrons. The summed E-state index contributed by atoms with van der Waals surface area (Å²) in [5.74, 6) is -2.15. The average Bonchev–Trinajstić information content (AvgIpc) is 2.24. The molecule has 1 aromatic heterocycles. The van der Waals surface area contributed by atoms with Gasteiger partial charge < -0.3 is 10.5 Å². The van der Waals surface area contributed by atoms with Crippen LogP contribution >= 0.6 is 0 Å². The number of halogens is 2. The summed E-state index contributed by atoms with van der Waals surface area (Å²) in [7, 11) is 1.51. The third kappa shape index (κ3) is 2.11. The number of pyridine rings is 1. The second-order valence-corrected chi connectivity index (χ2v) is 4.73. The standard InChI is InChI=1S/C12H16F2N2O/c1-8-3-9(4-10(16-8)17-2)11(7-15)5-12(13,14)6-11/h3-4H,5-7,15H2,1-2H3. The molecule has 1 saturated carbocycles. The summed E-state index contributed by atoms with van der Waals surface area (Å²) in [5, 5.41) is 0. The average molecular weight is 242 g/mol. The lowest BCUT2D eigenvalue weighted by atomic mass is 9.62. The minimum Gasteiger partial charge on any atom is -0.481 e. The number of rotatable bonds is 3. The lowest BCUT2D eigenvalue weighted by Gasteiger charge is -2.47. The van der Waals surface area contributed by atoms with Crippen LogP contribution in [0.5, 0.6) is 5.88 Å². The van der Waals surface area contributed by atoms with Gasteiger partial charge in [0.15, 0.2) is 0 Å². The Morgan fingerprint density at radius 1 is 1.41 bits per heavy atom. The highest BCUT2D eigenvalue weighted by molar-refractivity contribution is 5.35. The predicted molar refractivity (Wildman–Crippen MR) is 60.4 cm³/mol. The molecule has 5 heteroatoms. The molecule has 1 fully saturated rings. The van der Waals surface area contributed by atoms with Crippen molar-refractivity contribution in [1.29, 1.82) is 0 Å². The van der Waals surface area contributed by atoms with Crippen LogP contribution in [0, 0.1) is 6.92 Å².